The van der Waals surface area contributed by atoms with Gasteiger partial charge in [-0.2, -0.15) is 0 Å². The Morgan fingerprint density at radius 3 is 2.21 bits per heavy atom. The van der Waals surface area contributed by atoms with Crippen molar-refractivity contribution in [3.63, 3.8) is 0 Å². The Morgan fingerprint density at radius 2 is 1.68 bits per heavy atom. The first kappa shape index (κ1) is 19.2. The van der Waals surface area contributed by atoms with Crippen LogP contribution >= 0.6 is 0 Å². The van der Waals surface area contributed by atoms with Crippen molar-refractivity contribution >= 4 is 12.0 Å². The van der Waals surface area contributed by atoms with E-state index in [4.69, 9.17) is 5.11 Å². The third-order valence-electron chi connectivity index (χ3n) is 7.01. The number of carbonyl (C=O) groups is 2. The van der Waals surface area contributed by atoms with E-state index in [0.29, 0.717) is 11.8 Å². The van der Waals surface area contributed by atoms with E-state index in [2.05, 4.69) is 34.9 Å². The van der Waals surface area contributed by atoms with Crippen molar-refractivity contribution in [3.8, 4) is 0 Å². The molecule has 152 valence electrons. The molecule has 2 saturated carbocycles. The first-order chi connectivity index (χ1) is 13.5. The largest absolute Gasteiger partial charge is 0.480 e. The van der Waals surface area contributed by atoms with Gasteiger partial charge in [0.25, 0.3) is 0 Å². The number of nitrogens with one attached hydrogen (secondary N) is 2. The van der Waals surface area contributed by atoms with Crippen LogP contribution < -0.4 is 10.6 Å². The average molecular weight is 386 g/mol. The van der Waals surface area contributed by atoms with E-state index in [0.717, 1.165) is 32.2 Å². The summed E-state index contributed by atoms with van der Waals surface area (Å²) >= 11 is 0. The second kappa shape index (κ2) is 8.11. The molecule has 3 N–H and O–H groups in total. The molecule has 6 nitrogen and oxygen atoms in total. The molecule has 0 spiro atoms. The molecule has 3 aliphatic rings. The molecular weight excluding hydrogens is 354 g/mol. The van der Waals surface area contributed by atoms with Gasteiger partial charge < -0.3 is 15.7 Å². The van der Waals surface area contributed by atoms with E-state index in [1.54, 1.807) is 0 Å². The molecule has 2 unspecified atom stereocenters. The number of hydrogen-bond acceptors (Lipinski definition) is 3. The van der Waals surface area contributed by atoms with Crippen LogP contribution in [0.2, 0.25) is 0 Å². The zero-order valence-electron chi connectivity index (χ0n) is 16.6. The summed E-state index contributed by atoms with van der Waals surface area (Å²) in [6, 6.07) is 9.30. The molecule has 6 heteroatoms. The smallest absolute Gasteiger partial charge is 0.317 e. The highest BCUT2D eigenvalue weighted by molar-refractivity contribution is 5.75. The predicted molar refractivity (Wildman–Crippen MR) is 107 cm³/mol. The minimum Gasteiger partial charge on any atom is -0.480 e. The van der Waals surface area contributed by atoms with Gasteiger partial charge in [-0.1, -0.05) is 31.2 Å². The summed E-state index contributed by atoms with van der Waals surface area (Å²) in [4.78, 5) is 25.5. The first-order valence-electron chi connectivity index (χ1n) is 10.6. The summed E-state index contributed by atoms with van der Waals surface area (Å²) in [6.45, 7) is 2.78. The van der Waals surface area contributed by atoms with Crippen LogP contribution in [0.5, 0.6) is 0 Å². The summed E-state index contributed by atoms with van der Waals surface area (Å²) in [5, 5.41) is 15.4. The molecule has 0 aromatic heterocycles. The quantitative estimate of drug-likeness (QED) is 0.702. The summed E-state index contributed by atoms with van der Waals surface area (Å²) in [6.07, 6.45) is 6.16. The van der Waals surface area contributed by atoms with E-state index < -0.39 is 5.97 Å². The number of carboxylic acids is 1. The van der Waals surface area contributed by atoms with Crippen molar-refractivity contribution in [1.29, 1.82) is 0 Å². The van der Waals surface area contributed by atoms with Crippen LogP contribution in [0.15, 0.2) is 24.3 Å². The fourth-order valence-corrected chi connectivity index (χ4v) is 5.44. The Hall–Kier alpha value is -2.08. The highest BCUT2D eigenvalue weighted by Crippen LogP contribution is 2.40. The molecule has 1 aromatic carbocycles. The van der Waals surface area contributed by atoms with E-state index in [1.807, 2.05) is 11.8 Å². The van der Waals surface area contributed by atoms with E-state index >= 15 is 0 Å². The zero-order valence-corrected chi connectivity index (χ0v) is 16.6. The van der Waals surface area contributed by atoms with Crippen LogP contribution in [0.3, 0.4) is 0 Å². The maximum atomic E-state index is 12.6. The standard InChI is InChI=1S/C22H31N3O3/c1-2-25(13-20(26)27)19-11-18(12-19)23-22(28)24-21-16-7-8-17(21)10-15-6-4-3-5-14(15)9-16/h3-6,16-19,21H,2,7-13H2,1H3,(H,26,27)(H2,23,24,28). The van der Waals surface area contributed by atoms with Gasteiger partial charge in [0.1, 0.15) is 0 Å². The third-order valence-corrected chi connectivity index (χ3v) is 7.01. The highest BCUT2D eigenvalue weighted by atomic mass is 16.4. The van der Waals surface area contributed by atoms with Gasteiger partial charge in [-0.15, -0.1) is 0 Å². The third kappa shape index (κ3) is 4.02. The van der Waals surface area contributed by atoms with Gasteiger partial charge >= 0.3 is 12.0 Å². The SMILES string of the molecule is CCN(CC(=O)O)C1CC(NC(=O)NC2C3CCC2Cc2ccccc2C3)C1. The molecule has 2 amide bonds. The van der Waals surface area contributed by atoms with E-state index in [9.17, 15) is 9.59 Å². The molecule has 2 bridgehead atoms. The second-order valence-corrected chi connectivity index (χ2v) is 8.70. The Balaban J connectivity index is 1.28. The number of hydrogen-bond donors (Lipinski definition) is 3. The number of carboxylic acid groups (broad SMARTS) is 1. The van der Waals surface area contributed by atoms with Crippen molar-refractivity contribution in [1.82, 2.24) is 15.5 Å². The lowest BCUT2D eigenvalue weighted by molar-refractivity contribution is -0.139. The van der Waals surface area contributed by atoms with Crippen LogP contribution in [-0.2, 0) is 17.6 Å². The number of urea groups is 1. The molecule has 1 aromatic rings. The van der Waals surface area contributed by atoms with Gasteiger partial charge in [0.05, 0.1) is 6.54 Å². The molecule has 2 fully saturated rings. The first-order valence-corrected chi connectivity index (χ1v) is 10.6. The Bertz CT molecular complexity index is 698. The summed E-state index contributed by atoms with van der Waals surface area (Å²) in [5.41, 5.74) is 2.89. The van der Waals surface area contributed by atoms with Crippen molar-refractivity contribution in [3.05, 3.63) is 35.4 Å². The summed E-state index contributed by atoms with van der Waals surface area (Å²) in [5.74, 6) is 0.264. The molecule has 2 atom stereocenters. The second-order valence-electron chi connectivity index (χ2n) is 8.70. The number of nitrogens with zero attached hydrogens (tertiary/aromatic N) is 1. The minimum absolute atomic E-state index is 0.0578. The number of likely N-dealkylation sites (N-methyl/N-ethyl adjacent to an activating group) is 1. The highest BCUT2D eigenvalue weighted by Gasteiger charge is 2.40. The maximum Gasteiger partial charge on any atom is 0.317 e. The molecule has 0 heterocycles. The Kier molecular flexibility index (Phi) is 5.58. The maximum absolute atomic E-state index is 12.6. The lowest BCUT2D eigenvalue weighted by atomic mass is 9.85. The number of amides is 2. The number of aliphatic carboxylic acids is 1. The van der Waals surface area contributed by atoms with E-state index in [-0.39, 0.29) is 30.7 Å². The average Bonchev–Trinajstić information content (AvgIpc) is 2.89. The van der Waals surface area contributed by atoms with Crippen LogP contribution in [0.1, 0.15) is 43.7 Å². The van der Waals surface area contributed by atoms with Crippen molar-refractivity contribution in [2.24, 2.45) is 11.8 Å². The fraction of sp³-hybridized carbons (Fsp3) is 0.636. The van der Waals surface area contributed by atoms with Gasteiger partial charge in [0.2, 0.25) is 0 Å². The molecule has 3 aliphatic carbocycles. The fourth-order valence-electron chi connectivity index (χ4n) is 5.44. The van der Waals surface area contributed by atoms with Crippen LogP contribution in [-0.4, -0.2) is 53.2 Å². The minimum atomic E-state index is -0.791. The topological polar surface area (TPSA) is 81.7 Å². The lowest BCUT2D eigenvalue weighted by Crippen LogP contribution is -2.57. The summed E-state index contributed by atoms with van der Waals surface area (Å²) in [7, 11) is 0. The molecule has 0 radical (unpaired) electrons. The van der Waals surface area contributed by atoms with Crippen LogP contribution in [0.4, 0.5) is 4.79 Å². The van der Waals surface area contributed by atoms with Gasteiger partial charge in [0.15, 0.2) is 0 Å². The van der Waals surface area contributed by atoms with Crippen molar-refractivity contribution in [2.75, 3.05) is 13.1 Å². The number of rotatable bonds is 6. The van der Waals surface area contributed by atoms with Gasteiger partial charge in [0, 0.05) is 18.1 Å². The van der Waals surface area contributed by atoms with Crippen LogP contribution in [0.25, 0.3) is 0 Å². The van der Waals surface area contributed by atoms with Crippen molar-refractivity contribution in [2.45, 2.75) is 63.6 Å². The van der Waals surface area contributed by atoms with Gasteiger partial charge in [-0.05, 0) is 68.0 Å². The molecule has 0 aliphatic heterocycles. The normalized spacial score (nSPS) is 30.9. The molecular formula is C22H31N3O3. The van der Waals surface area contributed by atoms with Gasteiger partial charge in [-0.3, -0.25) is 9.69 Å². The lowest BCUT2D eigenvalue weighted by Gasteiger charge is -2.42. The number of carbonyl (C=O) groups excluding carboxylic acids is 1. The monoisotopic (exact) mass is 385 g/mol. The number of fused-ring (bicyclic) bond motifs is 3. The Labute approximate surface area is 166 Å². The van der Waals surface area contributed by atoms with E-state index in [1.165, 1.54) is 24.0 Å². The zero-order chi connectivity index (χ0) is 19.7. The molecule has 4 rings (SSSR count). The van der Waals surface area contributed by atoms with Crippen molar-refractivity contribution < 1.29 is 14.7 Å². The predicted octanol–water partition coefficient (Wildman–Crippen LogP) is 2.42. The van der Waals surface area contributed by atoms with Gasteiger partial charge in [-0.25, -0.2) is 4.79 Å². The number of benzene rings is 1. The summed E-state index contributed by atoms with van der Waals surface area (Å²) < 4.78 is 0. The Morgan fingerprint density at radius 1 is 1.07 bits per heavy atom. The molecule has 0 saturated heterocycles. The molecule has 28 heavy (non-hydrogen) atoms. The van der Waals surface area contributed by atoms with Crippen LogP contribution in [0, 0.1) is 11.8 Å².